The molecule has 1 saturated carbocycles. The zero-order valence-electron chi connectivity index (χ0n) is 13.1. The first-order valence-electron chi connectivity index (χ1n) is 8.35. The van der Waals surface area contributed by atoms with Crippen LogP contribution in [0.5, 0.6) is 0 Å². The van der Waals surface area contributed by atoms with Gasteiger partial charge in [0.05, 0.1) is 31.3 Å². The number of amides is 1. The topological polar surface area (TPSA) is 47.4 Å². The molecule has 1 saturated heterocycles. The highest BCUT2D eigenvalue weighted by molar-refractivity contribution is 5.93. The molecule has 5 nitrogen and oxygen atoms in total. The van der Waals surface area contributed by atoms with Crippen LogP contribution in [0, 0.1) is 0 Å². The SMILES string of the molecule is O=C(c1cncn1-c1ccccc1)N1CCO[C@@H]2CCCC[C@H]21. The fourth-order valence-corrected chi connectivity index (χ4v) is 3.74. The summed E-state index contributed by atoms with van der Waals surface area (Å²) >= 11 is 0. The summed E-state index contributed by atoms with van der Waals surface area (Å²) in [5.74, 6) is 0.0616. The van der Waals surface area contributed by atoms with Gasteiger partial charge < -0.3 is 9.64 Å². The Kier molecular flexibility index (Phi) is 3.87. The fourth-order valence-electron chi connectivity index (χ4n) is 3.74. The molecule has 4 rings (SSSR count). The normalized spacial score (nSPS) is 24.3. The minimum absolute atomic E-state index is 0.0616. The smallest absolute Gasteiger partial charge is 0.272 e. The van der Waals surface area contributed by atoms with E-state index in [-0.39, 0.29) is 18.1 Å². The van der Waals surface area contributed by atoms with E-state index in [9.17, 15) is 4.79 Å². The molecular formula is C18H21N3O2. The molecule has 2 atom stereocenters. The summed E-state index contributed by atoms with van der Waals surface area (Å²) in [7, 11) is 0. The summed E-state index contributed by atoms with van der Waals surface area (Å²) < 4.78 is 7.75. The molecule has 0 unspecified atom stereocenters. The molecule has 2 fully saturated rings. The number of imidazole rings is 1. The third-order valence-electron chi connectivity index (χ3n) is 4.88. The van der Waals surface area contributed by atoms with E-state index in [0.717, 1.165) is 18.5 Å². The number of benzene rings is 1. The number of ether oxygens (including phenoxy) is 1. The van der Waals surface area contributed by atoms with Crippen molar-refractivity contribution in [1.29, 1.82) is 0 Å². The van der Waals surface area contributed by atoms with Gasteiger partial charge in [0.1, 0.15) is 5.69 Å². The van der Waals surface area contributed by atoms with Crippen LogP contribution in [0.3, 0.4) is 0 Å². The maximum absolute atomic E-state index is 13.1. The monoisotopic (exact) mass is 311 g/mol. The van der Waals surface area contributed by atoms with Crippen molar-refractivity contribution in [2.45, 2.75) is 37.8 Å². The third-order valence-corrected chi connectivity index (χ3v) is 4.88. The number of rotatable bonds is 2. The molecule has 0 spiro atoms. The number of fused-ring (bicyclic) bond motifs is 1. The van der Waals surface area contributed by atoms with Gasteiger partial charge in [-0.1, -0.05) is 31.0 Å². The first-order chi connectivity index (χ1) is 11.3. The van der Waals surface area contributed by atoms with Gasteiger partial charge in [-0.2, -0.15) is 0 Å². The van der Waals surface area contributed by atoms with Gasteiger partial charge in [-0.15, -0.1) is 0 Å². The lowest BCUT2D eigenvalue weighted by molar-refractivity contribution is -0.0754. The summed E-state index contributed by atoms with van der Waals surface area (Å²) in [5, 5.41) is 0. The van der Waals surface area contributed by atoms with Crippen molar-refractivity contribution in [2.75, 3.05) is 13.2 Å². The van der Waals surface area contributed by atoms with Gasteiger partial charge >= 0.3 is 0 Å². The maximum atomic E-state index is 13.1. The van der Waals surface area contributed by atoms with Gasteiger partial charge in [0.15, 0.2) is 0 Å². The van der Waals surface area contributed by atoms with Crippen molar-refractivity contribution in [2.24, 2.45) is 0 Å². The van der Waals surface area contributed by atoms with Crippen LogP contribution in [0.1, 0.15) is 36.2 Å². The summed E-state index contributed by atoms with van der Waals surface area (Å²) in [5.41, 5.74) is 1.59. The fraction of sp³-hybridized carbons (Fsp3) is 0.444. The Morgan fingerprint density at radius 2 is 2.00 bits per heavy atom. The first-order valence-corrected chi connectivity index (χ1v) is 8.35. The molecule has 120 valence electrons. The lowest BCUT2D eigenvalue weighted by Gasteiger charge is -2.43. The third kappa shape index (κ3) is 2.65. The summed E-state index contributed by atoms with van der Waals surface area (Å²) in [6.45, 7) is 1.30. The summed E-state index contributed by atoms with van der Waals surface area (Å²) in [6.07, 6.45) is 8.05. The predicted octanol–water partition coefficient (Wildman–Crippen LogP) is 2.66. The van der Waals surface area contributed by atoms with Crippen LogP contribution in [-0.4, -0.2) is 45.7 Å². The highest BCUT2D eigenvalue weighted by atomic mass is 16.5. The number of carbonyl (C=O) groups is 1. The second kappa shape index (κ2) is 6.16. The number of hydrogen-bond donors (Lipinski definition) is 0. The van der Waals surface area contributed by atoms with Gasteiger partial charge in [-0.25, -0.2) is 4.98 Å². The number of morpholine rings is 1. The number of para-hydroxylation sites is 1. The molecule has 0 radical (unpaired) electrons. The van der Waals surface area contributed by atoms with E-state index < -0.39 is 0 Å². The van der Waals surface area contributed by atoms with E-state index in [2.05, 4.69) is 4.98 Å². The van der Waals surface area contributed by atoms with Crippen LogP contribution in [0.4, 0.5) is 0 Å². The van der Waals surface area contributed by atoms with Crippen molar-refractivity contribution in [1.82, 2.24) is 14.5 Å². The molecule has 1 aromatic heterocycles. The molecule has 2 heterocycles. The molecule has 2 aromatic rings. The Labute approximate surface area is 135 Å². The summed E-state index contributed by atoms with van der Waals surface area (Å²) in [6, 6.07) is 10.1. The highest BCUT2D eigenvalue weighted by Gasteiger charge is 2.37. The Bertz CT molecular complexity index is 681. The number of nitrogens with zero attached hydrogens (tertiary/aromatic N) is 3. The van der Waals surface area contributed by atoms with Crippen molar-refractivity contribution in [3.05, 3.63) is 48.5 Å². The molecule has 0 bridgehead atoms. The van der Waals surface area contributed by atoms with E-state index in [4.69, 9.17) is 4.74 Å². The molecular weight excluding hydrogens is 290 g/mol. The highest BCUT2D eigenvalue weighted by Crippen LogP contribution is 2.29. The number of carbonyl (C=O) groups excluding carboxylic acids is 1. The first kappa shape index (κ1) is 14.5. The lowest BCUT2D eigenvalue weighted by atomic mass is 9.90. The van der Waals surface area contributed by atoms with Crippen LogP contribution in [0.25, 0.3) is 5.69 Å². The number of hydrogen-bond acceptors (Lipinski definition) is 3. The van der Waals surface area contributed by atoms with Gasteiger partial charge in [-0.05, 0) is 25.0 Å². The van der Waals surface area contributed by atoms with Crippen LogP contribution >= 0.6 is 0 Å². The van der Waals surface area contributed by atoms with E-state index in [0.29, 0.717) is 18.8 Å². The van der Waals surface area contributed by atoms with E-state index in [1.165, 1.54) is 12.8 Å². The Balaban J connectivity index is 1.63. The van der Waals surface area contributed by atoms with Crippen molar-refractivity contribution in [3.63, 3.8) is 0 Å². The molecule has 1 amide bonds. The van der Waals surface area contributed by atoms with Gasteiger partial charge in [0, 0.05) is 12.2 Å². The van der Waals surface area contributed by atoms with Crippen molar-refractivity contribution in [3.8, 4) is 5.69 Å². The van der Waals surface area contributed by atoms with Crippen LogP contribution in [0.15, 0.2) is 42.9 Å². The molecule has 1 aliphatic heterocycles. The average molecular weight is 311 g/mol. The molecule has 2 aliphatic rings. The predicted molar refractivity (Wildman–Crippen MR) is 86.6 cm³/mol. The molecule has 1 aromatic carbocycles. The second-order valence-corrected chi connectivity index (χ2v) is 6.24. The van der Waals surface area contributed by atoms with Gasteiger partial charge in [0.2, 0.25) is 0 Å². The molecule has 1 aliphatic carbocycles. The quantitative estimate of drug-likeness (QED) is 0.856. The Hall–Kier alpha value is -2.14. The minimum atomic E-state index is 0.0616. The van der Waals surface area contributed by atoms with Crippen molar-refractivity contribution >= 4 is 5.91 Å². The van der Waals surface area contributed by atoms with Crippen LogP contribution in [0.2, 0.25) is 0 Å². The van der Waals surface area contributed by atoms with Gasteiger partial charge in [-0.3, -0.25) is 9.36 Å². The second-order valence-electron chi connectivity index (χ2n) is 6.24. The minimum Gasteiger partial charge on any atom is -0.374 e. The standard InChI is InChI=1S/C18H21N3O2/c22-18(20-10-11-23-17-9-5-4-8-15(17)20)16-12-19-13-21(16)14-6-2-1-3-7-14/h1-3,6-7,12-13,15,17H,4-5,8-11H2/t15-,17-/m1/s1. The van der Waals surface area contributed by atoms with E-state index in [1.54, 1.807) is 12.5 Å². The van der Waals surface area contributed by atoms with Crippen LogP contribution < -0.4 is 0 Å². The maximum Gasteiger partial charge on any atom is 0.272 e. The largest absolute Gasteiger partial charge is 0.374 e. The lowest BCUT2D eigenvalue weighted by Crippen LogP contribution is -2.55. The summed E-state index contributed by atoms with van der Waals surface area (Å²) in [4.78, 5) is 19.3. The zero-order chi connectivity index (χ0) is 15.6. The number of aromatic nitrogens is 2. The Morgan fingerprint density at radius 1 is 1.17 bits per heavy atom. The van der Waals surface area contributed by atoms with Gasteiger partial charge in [0.25, 0.3) is 5.91 Å². The Morgan fingerprint density at radius 3 is 2.87 bits per heavy atom. The molecule has 23 heavy (non-hydrogen) atoms. The van der Waals surface area contributed by atoms with E-state index in [1.807, 2.05) is 39.8 Å². The molecule has 5 heteroatoms. The van der Waals surface area contributed by atoms with Crippen molar-refractivity contribution < 1.29 is 9.53 Å². The molecule has 0 N–H and O–H groups in total. The van der Waals surface area contributed by atoms with Crippen LogP contribution in [-0.2, 0) is 4.74 Å². The van der Waals surface area contributed by atoms with E-state index >= 15 is 0 Å². The zero-order valence-corrected chi connectivity index (χ0v) is 13.1. The average Bonchev–Trinajstić information content (AvgIpc) is 3.11.